The Morgan fingerprint density at radius 2 is 1.25 bits per heavy atom. The van der Waals surface area contributed by atoms with Crippen LogP contribution >= 0.6 is 0 Å². The summed E-state index contributed by atoms with van der Waals surface area (Å²) in [5.74, 6) is -2.15. The SMILES string of the molecule is C[C@@H]1[C@@H](C)CC[C@]2(C(=O)O[C@H]3O[C@@H](CO)[C@H](O)[C@@H](O)[C@@H]3O)CC[C@]3(C(=O)O)C(=CC[C@@H]4[C@]5(C)CC[C@H](O[C@H]6O[C@@H](C)[C@H](O)[C@@H](O[C@H]7O[C@@H](CO)[C@H](O)[C@@H](O)[C@@H]7O)[C@@H]6O)C(C)(C)[C@H]5CC[C@@]43C)[C@@H]12. The highest BCUT2D eigenvalue weighted by molar-refractivity contribution is 5.85. The predicted molar refractivity (Wildman–Crippen MR) is 231 cm³/mol. The molecule has 0 amide bonds. The van der Waals surface area contributed by atoms with Gasteiger partial charge in [0.1, 0.15) is 67.1 Å². The highest BCUT2D eigenvalue weighted by Crippen LogP contribution is 2.76. The van der Waals surface area contributed by atoms with Gasteiger partial charge in [-0.15, -0.1) is 0 Å². The van der Waals surface area contributed by atoms with Gasteiger partial charge in [0, 0.05) is 0 Å². The number of aliphatic carboxylic acids is 1. The van der Waals surface area contributed by atoms with Gasteiger partial charge in [-0.1, -0.05) is 53.2 Å². The maximum Gasteiger partial charge on any atom is 0.315 e. The minimum absolute atomic E-state index is 0.0207. The minimum atomic E-state index is -1.78. The van der Waals surface area contributed by atoms with E-state index in [2.05, 4.69) is 47.6 Å². The van der Waals surface area contributed by atoms with E-state index in [1.807, 2.05) is 0 Å². The average molecular weight is 957 g/mol. The number of carboxylic acid groups (broad SMARTS) is 1. The van der Waals surface area contributed by atoms with Crippen molar-refractivity contribution < 1.29 is 94.2 Å². The van der Waals surface area contributed by atoms with E-state index in [-0.39, 0.29) is 41.9 Å². The molecule has 0 unspecified atom stereocenters. The van der Waals surface area contributed by atoms with Gasteiger partial charge < -0.3 is 84.6 Å². The lowest BCUT2D eigenvalue weighted by molar-refractivity contribution is -0.366. The van der Waals surface area contributed by atoms with Gasteiger partial charge in [-0.05, 0) is 111 Å². The van der Waals surface area contributed by atoms with Crippen LogP contribution in [0.15, 0.2) is 11.6 Å². The van der Waals surface area contributed by atoms with E-state index >= 15 is 0 Å². The normalized spacial score (nSPS) is 54.0. The summed E-state index contributed by atoms with van der Waals surface area (Å²) in [6.45, 7) is 13.0. The fourth-order valence-electron chi connectivity index (χ4n) is 15.3. The second kappa shape index (κ2) is 18.3. The molecule has 0 bridgehead atoms. The van der Waals surface area contributed by atoms with E-state index in [1.54, 1.807) is 6.92 Å². The fourth-order valence-corrected chi connectivity index (χ4v) is 15.3. The third kappa shape index (κ3) is 7.70. The molecule has 25 atom stereocenters. The molecular weight excluding hydrogens is 881 g/mol. The van der Waals surface area contributed by atoms with Gasteiger partial charge >= 0.3 is 11.9 Å². The van der Waals surface area contributed by atoms with E-state index in [4.69, 9.17) is 28.4 Å². The van der Waals surface area contributed by atoms with E-state index < -0.39 is 151 Å². The quantitative estimate of drug-likeness (QED) is 0.0829. The Balaban J connectivity index is 1.05. The molecule has 3 aliphatic heterocycles. The van der Waals surface area contributed by atoms with Crippen molar-refractivity contribution in [1.29, 1.82) is 0 Å². The molecule has 0 aromatic carbocycles. The molecule has 5 aliphatic carbocycles. The molecule has 0 spiro atoms. The van der Waals surface area contributed by atoms with Gasteiger partial charge in [0.15, 0.2) is 12.6 Å². The Morgan fingerprint density at radius 1 is 0.657 bits per heavy atom. The molecule has 0 aromatic rings. The number of hydrogen-bond donors (Lipinski definition) is 11. The van der Waals surface area contributed by atoms with Crippen LogP contribution in [0, 0.1) is 56.7 Å². The molecule has 19 nitrogen and oxygen atoms in total. The molecule has 7 fully saturated rings. The number of allylic oxidation sites excluding steroid dienone is 1. The molecule has 19 heteroatoms. The lowest BCUT2D eigenvalue weighted by atomic mass is 9.33. The number of aliphatic hydroxyl groups is 10. The predicted octanol–water partition coefficient (Wildman–Crippen LogP) is 0.0887. The van der Waals surface area contributed by atoms with Gasteiger partial charge in [0.05, 0.1) is 36.3 Å². The number of rotatable bonds is 9. The molecular formula is C48H76O19. The molecule has 3 heterocycles. The Labute approximate surface area is 391 Å². The van der Waals surface area contributed by atoms with Crippen LogP contribution in [-0.4, -0.2) is 180 Å². The lowest BCUT2D eigenvalue weighted by Crippen LogP contribution is -2.68. The number of carbonyl (C=O) groups is 2. The van der Waals surface area contributed by atoms with Crippen molar-refractivity contribution in [2.45, 2.75) is 204 Å². The summed E-state index contributed by atoms with van der Waals surface area (Å²) in [4.78, 5) is 29.1. The van der Waals surface area contributed by atoms with E-state index in [0.29, 0.717) is 44.9 Å². The number of hydrogen-bond acceptors (Lipinski definition) is 18. The molecule has 8 aliphatic rings. The van der Waals surface area contributed by atoms with Crippen molar-refractivity contribution in [1.82, 2.24) is 0 Å². The number of ether oxygens (including phenoxy) is 6. The first kappa shape index (κ1) is 51.4. The summed E-state index contributed by atoms with van der Waals surface area (Å²) in [7, 11) is 0. The van der Waals surface area contributed by atoms with Crippen molar-refractivity contribution in [3.63, 3.8) is 0 Å². The molecule has 67 heavy (non-hydrogen) atoms. The van der Waals surface area contributed by atoms with Crippen LogP contribution in [0.4, 0.5) is 0 Å². The standard InChI is InChI=1S/C48H76O19/c1-20-10-15-47(43(61)67-40-36(57)34(55)32(53)25(19-50)64-40)16-17-48(42(59)60)23(29(47)21(20)2)8-9-27-45(6)13-12-28(44(4,5)26(45)11-14-46(27,48)7)65-41-37(58)38(30(51)22(3)62-41)66-39-35(56)33(54)31(52)24(18-49)63-39/h8,20-22,24-41,49-58H,9-19H2,1-7H3,(H,59,60)/t20-,21+,22-,24-,25-,26+,27+,28-,29+,30-,31-,32-,33+,34+,35-,36-,37-,38+,39+,40+,41+,45+,46-,47-,48+/m0/s1. The zero-order chi connectivity index (χ0) is 49.1. The summed E-state index contributed by atoms with van der Waals surface area (Å²) in [5.41, 5.74) is -3.41. The van der Waals surface area contributed by atoms with Crippen molar-refractivity contribution >= 4 is 11.9 Å². The molecule has 8 rings (SSSR count). The molecule has 4 saturated carbocycles. The first-order chi connectivity index (χ1) is 31.4. The molecule has 0 aromatic heterocycles. The van der Waals surface area contributed by atoms with Crippen molar-refractivity contribution in [2.75, 3.05) is 13.2 Å². The Hall–Kier alpha value is -1.92. The monoisotopic (exact) mass is 956 g/mol. The maximum absolute atomic E-state index is 14.7. The zero-order valence-electron chi connectivity index (χ0n) is 39.7. The molecule has 11 N–H and O–H groups in total. The first-order valence-corrected chi connectivity index (χ1v) is 24.5. The zero-order valence-corrected chi connectivity index (χ0v) is 39.7. The Bertz CT molecular complexity index is 1860. The molecule has 3 saturated heterocycles. The van der Waals surface area contributed by atoms with Crippen LogP contribution in [0.25, 0.3) is 0 Å². The second-order valence-corrected chi connectivity index (χ2v) is 22.8. The van der Waals surface area contributed by atoms with E-state index in [9.17, 15) is 65.8 Å². The fraction of sp³-hybridized carbons (Fsp3) is 0.917. The highest BCUT2D eigenvalue weighted by Gasteiger charge is 2.74. The van der Waals surface area contributed by atoms with Crippen LogP contribution in [0.3, 0.4) is 0 Å². The van der Waals surface area contributed by atoms with Crippen molar-refractivity contribution in [3.8, 4) is 0 Å². The smallest absolute Gasteiger partial charge is 0.315 e. The van der Waals surface area contributed by atoms with Gasteiger partial charge in [-0.3, -0.25) is 9.59 Å². The van der Waals surface area contributed by atoms with Crippen LogP contribution in [0.5, 0.6) is 0 Å². The Kier molecular flexibility index (Phi) is 14.0. The topological polar surface area (TPSA) is 312 Å². The minimum Gasteiger partial charge on any atom is -0.481 e. The summed E-state index contributed by atoms with van der Waals surface area (Å²) in [5, 5.41) is 117. The van der Waals surface area contributed by atoms with Crippen LogP contribution in [0.1, 0.15) is 106 Å². The third-order valence-corrected chi connectivity index (χ3v) is 19.4. The number of esters is 1. The summed E-state index contributed by atoms with van der Waals surface area (Å²) < 4.78 is 35.7. The number of aliphatic hydroxyl groups excluding tert-OH is 10. The number of carbonyl (C=O) groups excluding carboxylic acids is 1. The highest BCUT2D eigenvalue weighted by atomic mass is 16.7. The summed E-state index contributed by atoms with van der Waals surface area (Å²) >= 11 is 0. The number of carboxylic acids is 1. The van der Waals surface area contributed by atoms with Gasteiger partial charge in [-0.25, -0.2) is 0 Å². The van der Waals surface area contributed by atoms with Crippen LogP contribution in [0.2, 0.25) is 0 Å². The first-order valence-electron chi connectivity index (χ1n) is 24.5. The van der Waals surface area contributed by atoms with Crippen LogP contribution in [-0.2, 0) is 38.0 Å². The molecule has 0 radical (unpaired) electrons. The maximum atomic E-state index is 14.7. The van der Waals surface area contributed by atoms with Gasteiger partial charge in [0.25, 0.3) is 0 Å². The average Bonchev–Trinajstić information content (AvgIpc) is 3.28. The van der Waals surface area contributed by atoms with Crippen LogP contribution < -0.4 is 0 Å². The summed E-state index contributed by atoms with van der Waals surface area (Å²) in [6, 6.07) is 0. The third-order valence-electron chi connectivity index (χ3n) is 19.4. The lowest BCUT2D eigenvalue weighted by Gasteiger charge is -2.70. The van der Waals surface area contributed by atoms with Crippen molar-refractivity contribution in [3.05, 3.63) is 11.6 Å². The largest absolute Gasteiger partial charge is 0.481 e. The Morgan fingerprint density at radius 3 is 1.87 bits per heavy atom. The van der Waals surface area contributed by atoms with Crippen molar-refractivity contribution in [2.24, 2.45) is 56.7 Å². The van der Waals surface area contributed by atoms with E-state index in [0.717, 1.165) is 5.57 Å². The summed E-state index contributed by atoms with van der Waals surface area (Å²) in [6.07, 6.45) is -16.6. The van der Waals surface area contributed by atoms with Gasteiger partial charge in [0.2, 0.25) is 6.29 Å². The number of fused-ring (bicyclic) bond motifs is 7. The second-order valence-electron chi connectivity index (χ2n) is 22.8. The van der Waals surface area contributed by atoms with Gasteiger partial charge in [-0.2, -0.15) is 0 Å². The molecule has 382 valence electrons. The van der Waals surface area contributed by atoms with E-state index in [1.165, 1.54) is 0 Å².